The van der Waals surface area contributed by atoms with Gasteiger partial charge in [-0.2, -0.15) is 23.5 Å². The summed E-state index contributed by atoms with van der Waals surface area (Å²) in [4.78, 5) is 47.3. The molecular formula is C41H50F3N9O5S. The van der Waals surface area contributed by atoms with Gasteiger partial charge < -0.3 is 14.4 Å². The van der Waals surface area contributed by atoms with Gasteiger partial charge in [-0.3, -0.25) is 39.2 Å². The normalized spacial score (nSPS) is 24.6. The van der Waals surface area contributed by atoms with E-state index in [0.29, 0.717) is 24.8 Å². The molecule has 7 rings (SSSR count). The van der Waals surface area contributed by atoms with E-state index in [0.717, 1.165) is 74.9 Å². The molecule has 3 saturated heterocycles. The molecule has 1 aromatic heterocycles. The monoisotopic (exact) mass is 837 g/mol. The van der Waals surface area contributed by atoms with Crippen LogP contribution in [0.25, 0.3) is 10.9 Å². The molecule has 59 heavy (non-hydrogen) atoms. The van der Waals surface area contributed by atoms with Gasteiger partial charge in [0.25, 0.3) is 5.91 Å². The van der Waals surface area contributed by atoms with Crippen LogP contribution >= 0.6 is 12.2 Å². The van der Waals surface area contributed by atoms with Crippen LogP contribution in [0.4, 0.5) is 29.5 Å². The molecule has 4 heterocycles. The van der Waals surface area contributed by atoms with Crippen LogP contribution < -0.4 is 19.9 Å². The molecule has 0 spiro atoms. The summed E-state index contributed by atoms with van der Waals surface area (Å²) >= 11 is 5.76. The van der Waals surface area contributed by atoms with E-state index in [9.17, 15) is 32.8 Å². The minimum Gasteiger partial charge on any atom is -0.490 e. The van der Waals surface area contributed by atoms with Crippen LogP contribution in [0.2, 0.25) is 0 Å². The van der Waals surface area contributed by atoms with E-state index in [1.807, 2.05) is 30.1 Å². The average Bonchev–Trinajstić information content (AvgIpc) is 3.60. The molecule has 18 heteroatoms. The standard InChI is InChI=1S/C41H50F3N9O5S/c1-25-23-49(24-26(2)50(25)18-20-58-33-8-6-7-31-35(33)48(5)47-36(31)51-16-15-34(54)46-38(51)56)17-19-57-30-13-11-28(12-14-30)53-39(59)52(37(55)40(53,3)4)29-10-9-27(22-45)32(21-29)41(42,43)44/h6-10,21,25-26,28,30H,11-20,23-24H2,1-5H3,(H,46,54,56)/t25-,26+,28?,30?. The maximum atomic E-state index is 13.8. The summed E-state index contributed by atoms with van der Waals surface area (Å²) in [6, 6.07) is 10.5. The topological polar surface area (TPSA) is 140 Å². The fourth-order valence-corrected chi connectivity index (χ4v) is 9.75. The fraction of sp³-hybridized carbons (Fsp3) is 0.561. The summed E-state index contributed by atoms with van der Waals surface area (Å²) in [5, 5.41) is 17.1. The number of amides is 4. The molecule has 0 unspecified atom stereocenters. The molecule has 1 aliphatic carbocycles. The Balaban J connectivity index is 0.869. The Kier molecular flexibility index (Phi) is 12.0. The van der Waals surface area contributed by atoms with Crippen LogP contribution in [0.1, 0.15) is 70.9 Å². The maximum absolute atomic E-state index is 13.8. The number of anilines is 2. The third kappa shape index (κ3) is 8.34. The van der Waals surface area contributed by atoms with E-state index in [2.05, 4.69) is 34.1 Å². The third-order valence-electron chi connectivity index (χ3n) is 12.1. The Morgan fingerprint density at radius 1 is 1.02 bits per heavy atom. The van der Waals surface area contributed by atoms with Gasteiger partial charge >= 0.3 is 12.2 Å². The van der Waals surface area contributed by atoms with Crippen molar-refractivity contribution >= 4 is 57.6 Å². The second kappa shape index (κ2) is 16.7. The molecule has 2 aromatic carbocycles. The molecule has 0 bridgehead atoms. The van der Waals surface area contributed by atoms with Crippen LogP contribution in [0.15, 0.2) is 36.4 Å². The zero-order valence-corrected chi connectivity index (χ0v) is 34.7. The molecule has 1 N–H and O–H groups in total. The van der Waals surface area contributed by atoms with E-state index >= 15 is 0 Å². The number of urea groups is 1. The number of rotatable bonds is 11. The number of carbonyl (C=O) groups is 3. The highest BCUT2D eigenvalue weighted by atomic mass is 32.1. The smallest absolute Gasteiger partial charge is 0.417 e. The van der Waals surface area contributed by atoms with E-state index in [1.54, 1.807) is 24.6 Å². The number of hydrogen-bond acceptors (Lipinski definition) is 10. The first-order valence-corrected chi connectivity index (χ1v) is 20.5. The highest BCUT2D eigenvalue weighted by Crippen LogP contribution is 2.41. The summed E-state index contributed by atoms with van der Waals surface area (Å²) in [7, 11) is 1.81. The molecule has 2 atom stereocenters. The van der Waals surface area contributed by atoms with Crippen molar-refractivity contribution in [3.63, 3.8) is 0 Å². The number of para-hydroxylation sites is 1. The van der Waals surface area contributed by atoms with Crippen molar-refractivity contribution in [1.29, 1.82) is 5.26 Å². The van der Waals surface area contributed by atoms with Gasteiger partial charge in [0.2, 0.25) is 5.91 Å². The Morgan fingerprint density at radius 3 is 2.39 bits per heavy atom. The zero-order chi connectivity index (χ0) is 42.4. The number of nitrogens with one attached hydrogen (secondary N) is 1. The number of hydrogen-bond donors (Lipinski definition) is 1. The van der Waals surface area contributed by atoms with Gasteiger partial charge in [0.15, 0.2) is 10.9 Å². The van der Waals surface area contributed by atoms with Gasteiger partial charge in [-0.25, -0.2) is 4.79 Å². The van der Waals surface area contributed by atoms with Crippen molar-refractivity contribution in [2.45, 2.75) is 95.7 Å². The zero-order valence-electron chi connectivity index (χ0n) is 33.9. The minimum atomic E-state index is -4.76. The van der Waals surface area contributed by atoms with E-state index in [1.165, 1.54) is 15.9 Å². The summed E-state index contributed by atoms with van der Waals surface area (Å²) in [5.74, 6) is 0.467. The minimum absolute atomic E-state index is 0.00236. The first kappa shape index (κ1) is 42.3. The van der Waals surface area contributed by atoms with E-state index < -0.39 is 34.8 Å². The van der Waals surface area contributed by atoms with Crippen molar-refractivity contribution in [1.82, 2.24) is 29.8 Å². The number of halogens is 3. The summed E-state index contributed by atoms with van der Waals surface area (Å²) in [6.07, 6.45) is -1.51. The van der Waals surface area contributed by atoms with Gasteiger partial charge in [0, 0.05) is 69.7 Å². The number of thiocarbonyl (C=S) groups is 1. The molecule has 4 amide bonds. The SMILES string of the molecule is C[C@@H]1CN(CCOC2CCC(N3C(=S)N(c4ccc(C#N)c(C(F)(F)F)c4)C(=O)C3(C)C)CC2)C[C@H](C)N1CCOc1cccc2c(N3CCC(=O)NC3=O)nn(C)c12. The van der Waals surface area contributed by atoms with Gasteiger partial charge in [-0.1, -0.05) is 6.07 Å². The number of fused-ring (bicyclic) bond motifs is 1. The Bertz CT molecular complexity index is 2150. The average molecular weight is 838 g/mol. The van der Waals surface area contributed by atoms with Crippen LogP contribution in [-0.4, -0.2) is 123 Å². The molecule has 14 nitrogen and oxygen atoms in total. The number of aryl methyl sites for hydroxylation is 1. The lowest BCUT2D eigenvalue weighted by atomic mass is 9.89. The predicted octanol–water partition coefficient (Wildman–Crippen LogP) is 5.42. The molecule has 316 valence electrons. The Labute approximate surface area is 346 Å². The maximum Gasteiger partial charge on any atom is 0.417 e. The molecule has 1 saturated carbocycles. The summed E-state index contributed by atoms with van der Waals surface area (Å²) < 4.78 is 55.7. The number of imide groups is 1. The number of ether oxygens (including phenoxy) is 2. The quantitative estimate of drug-likeness (QED) is 0.248. The van der Waals surface area contributed by atoms with Crippen molar-refractivity contribution < 1.29 is 37.0 Å². The van der Waals surface area contributed by atoms with Crippen LogP contribution in [-0.2, 0) is 27.5 Å². The molecule has 3 aromatic rings. The predicted molar refractivity (Wildman–Crippen MR) is 218 cm³/mol. The first-order valence-electron chi connectivity index (χ1n) is 20.1. The molecular weight excluding hydrogens is 788 g/mol. The Morgan fingerprint density at radius 2 is 1.73 bits per heavy atom. The fourth-order valence-electron chi connectivity index (χ4n) is 9.19. The van der Waals surface area contributed by atoms with Crippen molar-refractivity contribution in [3.8, 4) is 11.8 Å². The van der Waals surface area contributed by atoms with Crippen molar-refractivity contribution in [2.24, 2.45) is 7.05 Å². The van der Waals surface area contributed by atoms with Gasteiger partial charge in [-0.15, -0.1) is 0 Å². The van der Waals surface area contributed by atoms with Crippen molar-refractivity contribution in [2.75, 3.05) is 55.7 Å². The summed E-state index contributed by atoms with van der Waals surface area (Å²) in [5.41, 5.74) is -1.89. The van der Waals surface area contributed by atoms with Crippen molar-refractivity contribution in [3.05, 3.63) is 47.5 Å². The number of aromatic nitrogens is 2. The van der Waals surface area contributed by atoms with Crippen LogP contribution in [0.5, 0.6) is 5.75 Å². The molecule has 0 radical (unpaired) electrons. The largest absolute Gasteiger partial charge is 0.490 e. The van der Waals surface area contributed by atoms with Gasteiger partial charge in [0.05, 0.1) is 35.6 Å². The number of nitriles is 1. The number of piperazine rings is 1. The highest BCUT2D eigenvalue weighted by Gasteiger charge is 2.52. The number of benzene rings is 2. The third-order valence-corrected chi connectivity index (χ3v) is 12.5. The lowest BCUT2D eigenvalue weighted by Crippen LogP contribution is -2.57. The molecule has 3 aliphatic heterocycles. The Hall–Kier alpha value is -4.83. The van der Waals surface area contributed by atoms with E-state index in [-0.39, 0.29) is 53.9 Å². The highest BCUT2D eigenvalue weighted by molar-refractivity contribution is 7.80. The van der Waals surface area contributed by atoms with Gasteiger partial charge in [0.1, 0.15) is 23.4 Å². The van der Waals surface area contributed by atoms with E-state index in [4.69, 9.17) is 21.7 Å². The number of carbonyl (C=O) groups excluding carboxylic acids is 3. The van der Waals surface area contributed by atoms with Crippen LogP contribution in [0.3, 0.4) is 0 Å². The number of nitrogens with zero attached hydrogens (tertiary/aromatic N) is 8. The second-order valence-corrected chi connectivity index (χ2v) is 16.8. The summed E-state index contributed by atoms with van der Waals surface area (Å²) in [6.45, 7) is 12.6. The first-order chi connectivity index (χ1) is 28.0. The lowest BCUT2D eigenvalue weighted by molar-refractivity contribution is -0.137. The lowest BCUT2D eigenvalue weighted by Gasteiger charge is -2.44. The number of alkyl halides is 3. The van der Waals surface area contributed by atoms with Gasteiger partial charge in [-0.05, 0) is 95.9 Å². The second-order valence-electron chi connectivity index (χ2n) is 16.4. The molecule has 4 aliphatic rings. The molecule has 4 fully saturated rings. The van der Waals surface area contributed by atoms with Crippen LogP contribution in [0, 0.1) is 11.3 Å².